The van der Waals surface area contributed by atoms with Crippen molar-refractivity contribution in [3.8, 4) is 0 Å². The van der Waals surface area contributed by atoms with Crippen molar-refractivity contribution in [2.24, 2.45) is 0 Å². The zero-order chi connectivity index (χ0) is 55.7. The van der Waals surface area contributed by atoms with Crippen molar-refractivity contribution in [3.05, 3.63) is 97.2 Å². The van der Waals surface area contributed by atoms with Crippen LogP contribution in [0.5, 0.6) is 0 Å². The molecule has 6 heteroatoms. The van der Waals surface area contributed by atoms with E-state index < -0.39 is 6.10 Å². The van der Waals surface area contributed by atoms with Gasteiger partial charge in [-0.05, 0) is 116 Å². The summed E-state index contributed by atoms with van der Waals surface area (Å²) in [7, 11) is 0. The normalized spacial score (nSPS) is 12.7. The lowest BCUT2D eigenvalue weighted by molar-refractivity contribution is -0.167. The second-order valence-electron chi connectivity index (χ2n) is 21.6. The number of allylic oxidation sites excluding steroid dienone is 16. The van der Waals surface area contributed by atoms with Crippen molar-refractivity contribution in [1.29, 1.82) is 0 Å². The number of unbranched alkanes of at least 4 members (excludes halogenated alkanes) is 32. The molecule has 6 nitrogen and oxygen atoms in total. The quantitative estimate of drug-likeness (QED) is 0.0261. The van der Waals surface area contributed by atoms with E-state index in [2.05, 4.69) is 118 Å². The summed E-state index contributed by atoms with van der Waals surface area (Å²) >= 11 is 0. The third-order valence-electron chi connectivity index (χ3n) is 14.1. The molecule has 0 aromatic rings. The summed E-state index contributed by atoms with van der Waals surface area (Å²) in [4.78, 5) is 38.4. The zero-order valence-corrected chi connectivity index (χ0v) is 50.7. The average molecular weight is 1070 g/mol. The molecule has 0 rings (SSSR count). The van der Waals surface area contributed by atoms with Gasteiger partial charge in [0.2, 0.25) is 0 Å². The molecule has 0 heterocycles. The van der Waals surface area contributed by atoms with Crippen molar-refractivity contribution in [2.45, 2.75) is 322 Å². The molecular weight excluding hydrogens is 949 g/mol. The van der Waals surface area contributed by atoms with E-state index in [1.807, 2.05) is 0 Å². The first-order valence-electron chi connectivity index (χ1n) is 32.7. The molecule has 0 spiro atoms. The Morgan fingerprint density at radius 2 is 0.506 bits per heavy atom. The molecule has 0 radical (unpaired) electrons. The molecule has 77 heavy (non-hydrogen) atoms. The van der Waals surface area contributed by atoms with Gasteiger partial charge in [-0.1, -0.05) is 279 Å². The Bertz CT molecular complexity index is 1510. The van der Waals surface area contributed by atoms with Gasteiger partial charge in [-0.3, -0.25) is 14.4 Å². The first-order valence-corrected chi connectivity index (χ1v) is 32.7. The Morgan fingerprint density at radius 3 is 0.805 bits per heavy atom. The van der Waals surface area contributed by atoms with Gasteiger partial charge in [-0.2, -0.15) is 0 Å². The smallest absolute Gasteiger partial charge is 0.306 e. The maximum atomic E-state index is 12.9. The molecular formula is C71H122O6. The number of ether oxygens (including phenoxy) is 3. The minimum Gasteiger partial charge on any atom is -0.462 e. The lowest BCUT2D eigenvalue weighted by atomic mass is 10.0. The Kier molecular flexibility index (Phi) is 61.8. The average Bonchev–Trinajstić information content (AvgIpc) is 3.43. The van der Waals surface area contributed by atoms with E-state index in [0.29, 0.717) is 19.3 Å². The van der Waals surface area contributed by atoms with Gasteiger partial charge in [0, 0.05) is 19.3 Å². The predicted octanol–water partition coefficient (Wildman–Crippen LogP) is 22.4. The fourth-order valence-electron chi connectivity index (χ4n) is 9.21. The van der Waals surface area contributed by atoms with Crippen LogP contribution in [-0.4, -0.2) is 37.2 Å². The zero-order valence-electron chi connectivity index (χ0n) is 50.7. The van der Waals surface area contributed by atoms with Crippen LogP contribution in [0.3, 0.4) is 0 Å². The Hall–Kier alpha value is -3.67. The molecule has 0 amide bonds. The van der Waals surface area contributed by atoms with Gasteiger partial charge in [0.25, 0.3) is 0 Å². The molecule has 1 atom stereocenters. The maximum Gasteiger partial charge on any atom is 0.306 e. The fraction of sp³-hybridized carbons (Fsp3) is 0.732. The Morgan fingerprint density at radius 1 is 0.273 bits per heavy atom. The molecule has 0 N–H and O–H groups in total. The number of carbonyl (C=O) groups is 3. The molecule has 0 aliphatic heterocycles. The van der Waals surface area contributed by atoms with Gasteiger partial charge in [0.05, 0.1) is 0 Å². The van der Waals surface area contributed by atoms with Gasteiger partial charge in [0.1, 0.15) is 13.2 Å². The van der Waals surface area contributed by atoms with Crippen molar-refractivity contribution in [1.82, 2.24) is 0 Å². The van der Waals surface area contributed by atoms with Crippen LogP contribution in [-0.2, 0) is 28.6 Å². The fourth-order valence-corrected chi connectivity index (χ4v) is 9.21. The van der Waals surface area contributed by atoms with Crippen LogP contribution in [0.1, 0.15) is 316 Å². The number of carbonyl (C=O) groups excluding carboxylic acids is 3. The summed E-state index contributed by atoms with van der Waals surface area (Å²) in [5, 5.41) is 0. The summed E-state index contributed by atoms with van der Waals surface area (Å²) in [6.07, 6.45) is 87.0. The highest BCUT2D eigenvalue weighted by Gasteiger charge is 2.19. The lowest BCUT2D eigenvalue weighted by Crippen LogP contribution is -2.30. The van der Waals surface area contributed by atoms with E-state index in [9.17, 15) is 14.4 Å². The van der Waals surface area contributed by atoms with Crippen LogP contribution in [0.2, 0.25) is 0 Å². The predicted molar refractivity (Wildman–Crippen MR) is 334 cm³/mol. The first kappa shape index (κ1) is 73.3. The molecule has 0 saturated carbocycles. The molecule has 0 aromatic heterocycles. The van der Waals surface area contributed by atoms with Crippen molar-refractivity contribution < 1.29 is 28.6 Å². The van der Waals surface area contributed by atoms with Crippen LogP contribution in [0.25, 0.3) is 0 Å². The van der Waals surface area contributed by atoms with E-state index in [4.69, 9.17) is 14.2 Å². The van der Waals surface area contributed by atoms with Crippen LogP contribution in [0.4, 0.5) is 0 Å². The van der Waals surface area contributed by atoms with Crippen LogP contribution >= 0.6 is 0 Å². The summed E-state index contributed by atoms with van der Waals surface area (Å²) in [6.45, 7) is 6.43. The second kappa shape index (κ2) is 64.9. The van der Waals surface area contributed by atoms with Crippen LogP contribution in [0, 0.1) is 0 Å². The molecule has 0 bridgehead atoms. The lowest BCUT2D eigenvalue weighted by Gasteiger charge is -2.18. The monoisotopic (exact) mass is 1070 g/mol. The molecule has 0 saturated heterocycles. The summed E-state index contributed by atoms with van der Waals surface area (Å²) in [5.74, 6) is -0.887. The van der Waals surface area contributed by atoms with Gasteiger partial charge >= 0.3 is 17.9 Å². The van der Waals surface area contributed by atoms with E-state index in [-0.39, 0.29) is 31.1 Å². The summed E-state index contributed by atoms with van der Waals surface area (Å²) in [6, 6.07) is 0. The van der Waals surface area contributed by atoms with Gasteiger partial charge < -0.3 is 14.2 Å². The van der Waals surface area contributed by atoms with E-state index in [1.54, 1.807) is 0 Å². The summed E-state index contributed by atoms with van der Waals surface area (Å²) in [5.41, 5.74) is 0. The highest BCUT2D eigenvalue weighted by atomic mass is 16.6. The topological polar surface area (TPSA) is 78.9 Å². The molecule has 0 aliphatic rings. The first-order chi connectivity index (χ1) is 38.0. The number of esters is 3. The Labute approximate surface area is 477 Å². The largest absolute Gasteiger partial charge is 0.462 e. The van der Waals surface area contributed by atoms with E-state index in [0.717, 1.165) is 109 Å². The SMILES string of the molecule is CC/C=C\C/C=C\C/C=C\C/C=C\CCCCCCCCCCCCCCC(=O)OCC(COC(=O)CCCCCCCCC/C=C\CCCCCCCC)OC(=O)CCCCCCCCC/C=C\C/C=C\C/C=C\CC. The molecule has 0 fully saturated rings. The Balaban J connectivity index is 4.35. The van der Waals surface area contributed by atoms with Gasteiger partial charge in [-0.15, -0.1) is 0 Å². The van der Waals surface area contributed by atoms with Crippen LogP contribution < -0.4 is 0 Å². The minimum absolute atomic E-state index is 0.0827. The third kappa shape index (κ3) is 63.0. The van der Waals surface area contributed by atoms with Crippen LogP contribution in [0.15, 0.2) is 97.2 Å². The standard InChI is InChI=1S/C71H122O6/c1-4-7-10-13-16-19-22-25-28-31-32-33-34-35-36-37-38-41-43-46-49-52-55-58-61-64-70(73)76-67-68(77-71(74)65-62-59-56-53-50-47-44-40-30-27-24-21-18-15-12-9-6-3)66-75-69(72)63-60-57-54-51-48-45-42-39-29-26-23-20-17-14-11-8-5-2/h7,9-10,12,16,18-19,21,25-30,32-33,68H,4-6,8,11,13-15,17,20,22-24,31,34-67H2,1-3H3/b10-7-,12-9-,19-16-,21-18-,28-25-,29-26-,30-27-,33-32-. The summed E-state index contributed by atoms with van der Waals surface area (Å²) < 4.78 is 16.9. The molecule has 442 valence electrons. The number of hydrogen-bond acceptors (Lipinski definition) is 6. The van der Waals surface area contributed by atoms with Gasteiger partial charge in [0.15, 0.2) is 6.10 Å². The minimum atomic E-state index is -0.787. The second-order valence-corrected chi connectivity index (χ2v) is 21.6. The van der Waals surface area contributed by atoms with E-state index in [1.165, 1.54) is 167 Å². The highest BCUT2D eigenvalue weighted by Crippen LogP contribution is 2.16. The van der Waals surface area contributed by atoms with Crippen molar-refractivity contribution in [2.75, 3.05) is 13.2 Å². The number of hydrogen-bond donors (Lipinski definition) is 0. The van der Waals surface area contributed by atoms with Crippen molar-refractivity contribution in [3.63, 3.8) is 0 Å². The molecule has 0 aliphatic carbocycles. The number of rotatable bonds is 59. The molecule has 1 unspecified atom stereocenters. The van der Waals surface area contributed by atoms with E-state index >= 15 is 0 Å². The third-order valence-corrected chi connectivity index (χ3v) is 14.1. The van der Waals surface area contributed by atoms with Crippen molar-refractivity contribution >= 4 is 17.9 Å². The molecule has 0 aromatic carbocycles. The highest BCUT2D eigenvalue weighted by molar-refractivity contribution is 5.71. The maximum absolute atomic E-state index is 12.9. The van der Waals surface area contributed by atoms with Gasteiger partial charge in [-0.25, -0.2) is 0 Å².